The van der Waals surface area contributed by atoms with Crippen molar-refractivity contribution in [1.82, 2.24) is 20.5 Å². The molecule has 5 nitrogen and oxygen atoms in total. The van der Waals surface area contributed by atoms with E-state index >= 15 is 0 Å². The van der Waals surface area contributed by atoms with Gasteiger partial charge < -0.3 is 5.32 Å². The number of hydrogen-bond donors (Lipinski definition) is 2. The van der Waals surface area contributed by atoms with Gasteiger partial charge in [-0.05, 0) is 6.42 Å². The second-order valence-corrected chi connectivity index (χ2v) is 4.56. The molecule has 1 aromatic rings. The number of hydrogen-bond acceptors (Lipinski definition) is 3. The summed E-state index contributed by atoms with van der Waals surface area (Å²) in [6, 6.07) is 0. The Bertz CT molecular complexity index is 311. The quantitative estimate of drug-likeness (QED) is 0.629. The van der Waals surface area contributed by atoms with Crippen molar-refractivity contribution in [2.45, 2.75) is 58.3 Å². The van der Waals surface area contributed by atoms with Crippen LogP contribution < -0.4 is 5.32 Å². The molecular weight excluding hydrogens is 228 g/mol. The van der Waals surface area contributed by atoms with E-state index in [1.165, 1.54) is 51.3 Å². The number of unbranched alkanes of at least 4 members (excludes halogenated alkanes) is 7. The van der Waals surface area contributed by atoms with Crippen LogP contribution in [0.5, 0.6) is 0 Å². The van der Waals surface area contributed by atoms with Crippen LogP contribution in [0.2, 0.25) is 0 Å². The van der Waals surface area contributed by atoms with E-state index in [0.717, 1.165) is 6.42 Å². The van der Waals surface area contributed by atoms with Crippen LogP contribution >= 0.6 is 0 Å². The predicted molar refractivity (Wildman–Crippen MR) is 71.3 cm³/mol. The van der Waals surface area contributed by atoms with Crippen LogP contribution in [0.3, 0.4) is 0 Å². The summed E-state index contributed by atoms with van der Waals surface area (Å²) in [5, 5.41) is 9.01. The molecule has 0 atom stereocenters. The van der Waals surface area contributed by atoms with Gasteiger partial charge in [-0.1, -0.05) is 51.9 Å². The zero-order chi connectivity index (χ0) is 13.1. The van der Waals surface area contributed by atoms with Gasteiger partial charge in [-0.15, -0.1) is 0 Å². The highest BCUT2D eigenvalue weighted by atomic mass is 16.2. The fraction of sp³-hybridized carbons (Fsp3) is 0.769. The lowest BCUT2D eigenvalue weighted by Crippen LogP contribution is -2.25. The number of nitrogens with one attached hydrogen (secondary N) is 2. The van der Waals surface area contributed by atoms with E-state index in [1.54, 1.807) is 0 Å². The van der Waals surface area contributed by atoms with E-state index in [-0.39, 0.29) is 11.7 Å². The fourth-order valence-electron chi connectivity index (χ4n) is 1.86. The largest absolute Gasteiger partial charge is 0.349 e. The Morgan fingerprint density at radius 3 is 2.44 bits per heavy atom. The molecule has 0 aliphatic rings. The molecular formula is C13H24N4O. The molecule has 0 aliphatic carbocycles. The van der Waals surface area contributed by atoms with E-state index < -0.39 is 0 Å². The highest BCUT2D eigenvalue weighted by Gasteiger charge is 2.06. The van der Waals surface area contributed by atoms with E-state index in [2.05, 4.69) is 27.4 Å². The van der Waals surface area contributed by atoms with Crippen molar-refractivity contribution in [1.29, 1.82) is 0 Å². The van der Waals surface area contributed by atoms with E-state index in [9.17, 15) is 4.79 Å². The predicted octanol–water partition coefficient (Wildman–Crippen LogP) is 2.68. The zero-order valence-electron chi connectivity index (χ0n) is 11.2. The molecule has 2 N–H and O–H groups in total. The van der Waals surface area contributed by atoms with Gasteiger partial charge in [-0.3, -0.25) is 9.89 Å². The monoisotopic (exact) mass is 252 g/mol. The summed E-state index contributed by atoms with van der Waals surface area (Å²) in [6.07, 6.45) is 11.5. The van der Waals surface area contributed by atoms with Crippen molar-refractivity contribution >= 4 is 5.91 Å². The van der Waals surface area contributed by atoms with Crippen molar-refractivity contribution in [3.63, 3.8) is 0 Å². The normalized spacial score (nSPS) is 10.5. The van der Waals surface area contributed by atoms with Gasteiger partial charge in [-0.2, -0.15) is 5.10 Å². The molecule has 0 saturated carbocycles. The number of aromatic nitrogens is 3. The molecule has 0 bridgehead atoms. The maximum absolute atomic E-state index is 11.5. The van der Waals surface area contributed by atoms with Crippen LogP contribution in [0.25, 0.3) is 0 Å². The molecule has 0 aromatic carbocycles. The van der Waals surface area contributed by atoms with Gasteiger partial charge in [0.1, 0.15) is 6.33 Å². The van der Waals surface area contributed by atoms with E-state index in [4.69, 9.17) is 0 Å². The molecule has 102 valence electrons. The Hall–Kier alpha value is -1.39. The lowest BCUT2D eigenvalue weighted by Gasteiger charge is -2.03. The average Bonchev–Trinajstić information content (AvgIpc) is 2.90. The minimum Gasteiger partial charge on any atom is -0.349 e. The minimum atomic E-state index is -0.171. The van der Waals surface area contributed by atoms with E-state index in [1.807, 2.05) is 0 Å². The van der Waals surface area contributed by atoms with Gasteiger partial charge in [0.05, 0.1) is 0 Å². The molecule has 1 aromatic heterocycles. The fourth-order valence-corrected chi connectivity index (χ4v) is 1.86. The summed E-state index contributed by atoms with van der Waals surface area (Å²) in [5.41, 5.74) is 0. The first-order chi connectivity index (χ1) is 8.84. The van der Waals surface area contributed by atoms with Crippen molar-refractivity contribution in [3.05, 3.63) is 12.2 Å². The number of carbonyl (C=O) groups excluding carboxylic acids is 1. The molecule has 18 heavy (non-hydrogen) atoms. The SMILES string of the molecule is CCCCCCCCCCNC(=O)c1ncn[nH]1. The first-order valence-electron chi connectivity index (χ1n) is 6.98. The molecule has 1 amide bonds. The zero-order valence-corrected chi connectivity index (χ0v) is 11.2. The first-order valence-corrected chi connectivity index (χ1v) is 6.98. The minimum absolute atomic E-state index is 0.171. The standard InChI is InChI=1S/C13H24N4O/c1-2-3-4-5-6-7-8-9-10-14-13(18)12-15-11-16-17-12/h11H,2-10H2,1H3,(H,14,18)(H,15,16,17). The Morgan fingerprint density at radius 2 is 1.83 bits per heavy atom. The van der Waals surface area contributed by atoms with Crippen LogP contribution in [0, 0.1) is 0 Å². The average molecular weight is 252 g/mol. The Balaban J connectivity index is 1.88. The molecule has 1 rings (SSSR count). The van der Waals surface area contributed by atoms with Crippen molar-refractivity contribution in [2.75, 3.05) is 6.54 Å². The molecule has 0 radical (unpaired) electrons. The van der Waals surface area contributed by atoms with Gasteiger partial charge in [0.15, 0.2) is 0 Å². The Kier molecular flexibility index (Phi) is 7.84. The van der Waals surface area contributed by atoms with Crippen LogP contribution in [-0.4, -0.2) is 27.6 Å². The lowest BCUT2D eigenvalue weighted by molar-refractivity contribution is 0.0943. The second kappa shape index (κ2) is 9.62. The van der Waals surface area contributed by atoms with Crippen molar-refractivity contribution in [2.24, 2.45) is 0 Å². The highest BCUT2D eigenvalue weighted by molar-refractivity contribution is 5.90. The molecule has 0 unspecified atom stereocenters. The molecule has 0 saturated heterocycles. The molecule has 1 heterocycles. The summed E-state index contributed by atoms with van der Waals surface area (Å²) >= 11 is 0. The molecule has 5 heteroatoms. The number of aromatic amines is 1. The molecule has 0 spiro atoms. The first kappa shape index (κ1) is 14.7. The smallest absolute Gasteiger partial charge is 0.288 e. The van der Waals surface area contributed by atoms with Crippen molar-refractivity contribution in [3.8, 4) is 0 Å². The maximum Gasteiger partial charge on any atom is 0.288 e. The summed E-state index contributed by atoms with van der Waals surface area (Å²) in [7, 11) is 0. The third-order valence-corrected chi connectivity index (χ3v) is 2.95. The van der Waals surface area contributed by atoms with Crippen LogP contribution in [0.4, 0.5) is 0 Å². The number of H-pyrrole nitrogens is 1. The lowest BCUT2D eigenvalue weighted by atomic mass is 10.1. The Morgan fingerprint density at radius 1 is 1.17 bits per heavy atom. The third-order valence-electron chi connectivity index (χ3n) is 2.95. The molecule has 0 fully saturated rings. The summed E-state index contributed by atoms with van der Waals surface area (Å²) in [4.78, 5) is 15.3. The van der Waals surface area contributed by atoms with Crippen LogP contribution in [0.15, 0.2) is 6.33 Å². The number of rotatable bonds is 10. The van der Waals surface area contributed by atoms with Crippen LogP contribution in [-0.2, 0) is 0 Å². The number of nitrogens with zero attached hydrogens (tertiary/aromatic N) is 2. The van der Waals surface area contributed by atoms with Gasteiger partial charge in [0.2, 0.25) is 5.82 Å². The number of amides is 1. The molecule has 0 aliphatic heterocycles. The van der Waals surface area contributed by atoms with Gasteiger partial charge in [0.25, 0.3) is 5.91 Å². The van der Waals surface area contributed by atoms with Crippen molar-refractivity contribution < 1.29 is 4.79 Å². The van der Waals surface area contributed by atoms with Gasteiger partial charge in [-0.25, -0.2) is 4.98 Å². The summed E-state index contributed by atoms with van der Waals surface area (Å²) in [6.45, 7) is 2.95. The van der Waals surface area contributed by atoms with Crippen LogP contribution in [0.1, 0.15) is 68.9 Å². The topological polar surface area (TPSA) is 70.7 Å². The second-order valence-electron chi connectivity index (χ2n) is 4.56. The van der Waals surface area contributed by atoms with E-state index in [0.29, 0.717) is 6.54 Å². The number of carbonyl (C=O) groups is 1. The Labute approximate surface area is 109 Å². The highest BCUT2D eigenvalue weighted by Crippen LogP contribution is 2.07. The third kappa shape index (κ3) is 6.37. The van der Waals surface area contributed by atoms with Gasteiger partial charge in [0, 0.05) is 6.54 Å². The van der Waals surface area contributed by atoms with Gasteiger partial charge >= 0.3 is 0 Å². The maximum atomic E-state index is 11.5. The summed E-state index contributed by atoms with van der Waals surface area (Å²) < 4.78 is 0. The summed E-state index contributed by atoms with van der Waals surface area (Å²) in [5.74, 6) is 0.116.